The summed E-state index contributed by atoms with van der Waals surface area (Å²) in [6, 6.07) is 2.87. The van der Waals surface area contributed by atoms with E-state index in [-0.39, 0.29) is 16.3 Å². The lowest BCUT2D eigenvalue weighted by atomic mass is 10.1. The maximum Gasteiger partial charge on any atom is 0.163 e. The van der Waals surface area contributed by atoms with E-state index in [0.717, 1.165) is 5.22 Å². The Balaban J connectivity index is 2.46. The highest BCUT2D eigenvalue weighted by molar-refractivity contribution is 6.31. The lowest BCUT2D eigenvalue weighted by molar-refractivity contribution is 0.629. The molecule has 4 nitrogen and oxygen atoms in total. The summed E-state index contributed by atoms with van der Waals surface area (Å²) in [6.45, 7) is 3.76. The minimum Gasteiger partial charge on any atom is -0.404 e. The Hall–Kier alpha value is -2.71. The zero-order chi connectivity index (χ0) is 15.4. The molecule has 106 valence electrons. The third-order valence-corrected chi connectivity index (χ3v) is 3.01. The third kappa shape index (κ3) is 3.25. The second-order valence-corrected chi connectivity index (χ2v) is 4.55. The molecule has 0 spiro atoms. The lowest BCUT2D eigenvalue weighted by Crippen LogP contribution is -2.20. The third-order valence-electron chi connectivity index (χ3n) is 2.69. The molecule has 5 N–H and O–H groups in total. The number of halogens is 2. The minimum atomic E-state index is -0.646. The normalized spacial score (nSPS) is 12.1. The van der Waals surface area contributed by atoms with Crippen LogP contribution in [0, 0.1) is 17.7 Å². The molecular weight excluding hydrogens is 291 g/mol. The zero-order valence-corrected chi connectivity index (χ0v) is 11.7. The zero-order valence-electron chi connectivity index (χ0n) is 11.0. The fourth-order valence-corrected chi connectivity index (χ4v) is 1.75. The molecule has 0 atom stereocenters. The molecule has 0 unspecified atom stereocenters. The van der Waals surface area contributed by atoms with Crippen LogP contribution in [0.1, 0.15) is 5.56 Å². The standard InChI is InChI=1S/C15H12ClFN4/c1-9-11(8-20-21-9)6-10(7-18)2-3-12-13(16)4-5-14(19)15(12)17/h4-8,21H,1,18-19H2/b10-7-,11-6-. The molecular formula is C15H12ClFN4. The van der Waals surface area contributed by atoms with Gasteiger partial charge in [0.15, 0.2) is 5.82 Å². The van der Waals surface area contributed by atoms with Crippen molar-refractivity contribution in [2.24, 2.45) is 5.73 Å². The van der Waals surface area contributed by atoms with Gasteiger partial charge in [0.2, 0.25) is 0 Å². The van der Waals surface area contributed by atoms with Crippen molar-refractivity contribution in [3.8, 4) is 11.8 Å². The van der Waals surface area contributed by atoms with Crippen LogP contribution in [0.25, 0.3) is 12.7 Å². The van der Waals surface area contributed by atoms with Gasteiger partial charge in [-0.25, -0.2) is 4.39 Å². The molecule has 0 saturated carbocycles. The van der Waals surface area contributed by atoms with Gasteiger partial charge in [-0.2, -0.15) is 5.10 Å². The van der Waals surface area contributed by atoms with E-state index in [2.05, 4.69) is 28.6 Å². The summed E-state index contributed by atoms with van der Waals surface area (Å²) in [6.07, 6.45) is 4.57. The van der Waals surface area contributed by atoms with Crippen LogP contribution in [0.3, 0.4) is 0 Å². The van der Waals surface area contributed by atoms with Crippen molar-refractivity contribution in [3.05, 3.63) is 57.1 Å². The number of anilines is 1. The van der Waals surface area contributed by atoms with E-state index in [1.807, 2.05) is 0 Å². The smallest absolute Gasteiger partial charge is 0.163 e. The summed E-state index contributed by atoms with van der Waals surface area (Å²) in [5.41, 5.74) is 11.5. The number of allylic oxidation sites excluding steroid dienone is 1. The summed E-state index contributed by atoms with van der Waals surface area (Å²) >= 11 is 5.91. The number of nitrogens with zero attached hydrogens (tertiary/aromatic N) is 1. The quantitative estimate of drug-likeness (QED) is 0.540. The second-order valence-electron chi connectivity index (χ2n) is 4.15. The molecule has 0 bridgehead atoms. The molecule has 6 heteroatoms. The maximum absolute atomic E-state index is 13.9. The van der Waals surface area contributed by atoms with Gasteiger partial charge in [0, 0.05) is 17.0 Å². The van der Waals surface area contributed by atoms with Crippen LogP contribution < -0.4 is 22.0 Å². The lowest BCUT2D eigenvalue weighted by Gasteiger charge is -2.01. The predicted octanol–water partition coefficient (Wildman–Crippen LogP) is 0.869. The van der Waals surface area contributed by atoms with Crippen molar-refractivity contribution < 1.29 is 4.39 Å². The number of hydrogen-bond donors (Lipinski definition) is 3. The number of nitrogens with one attached hydrogen (secondary N) is 1. The van der Waals surface area contributed by atoms with Gasteiger partial charge in [0.05, 0.1) is 27.8 Å². The summed E-state index contributed by atoms with van der Waals surface area (Å²) in [5, 5.41) is 8.08. The molecule has 0 aliphatic carbocycles. The first-order valence-electron chi connectivity index (χ1n) is 5.90. The van der Waals surface area contributed by atoms with Crippen molar-refractivity contribution in [2.45, 2.75) is 0 Å². The molecule has 1 heterocycles. The van der Waals surface area contributed by atoms with Crippen molar-refractivity contribution >= 4 is 29.9 Å². The number of benzene rings is 1. The average Bonchev–Trinajstić information content (AvgIpc) is 2.87. The molecule has 0 fully saturated rings. The Bertz CT molecular complexity index is 871. The molecule has 0 amide bonds. The molecule has 21 heavy (non-hydrogen) atoms. The van der Waals surface area contributed by atoms with Gasteiger partial charge >= 0.3 is 0 Å². The Kier molecular flexibility index (Phi) is 4.31. The minimum absolute atomic E-state index is 0.0131. The van der Waals surface area contributed by atoms with E-state index < -0.39 is 5.82 Å². The number of aromatic nitrogens is 2. The number of nitrogens with two attached hydrogens (primary N) is 2. The van der Waals surface area contributed by atoms with Gasteiger partial charge in [-0.3, -0.25) is 5.10 Å². The molecule has 0 aliphatic heterocycles. The topological polar surface area (TPSA) is 80.7 Å². The van der Waals surface area contributed by atoms with Gasteiger partial charge in [-0.15, -0.1) is 0 Å². The largest absolute Gasteiger partial charge is 0.404 e. The molecule has 1 aromatic heterocycles. The van der Waals surface area contributed by atoms with Crippen molar-refractivity contribution in [3.63, 3.8) is 0 Å². The van der Waals surface area contributed by atoms with E-state index in [4.69, 9.17) is 23.1 Å². The van der Waals surface area contributed by atoms with Crippen LogP contribution in [-0.2, 0) is 0 Å². The monoisotopic (exact) mass is 302 g/mol. The summed E-state index contributed by atoms with van der Waals surface area (Å²) in [4.78, 5) is 0. The van der Waals surface area contributed by atoms with Crippen molar-refractivity contribution in [1.82, 2.24) is 10.2 Å². The molecule has 0 saturated heterocycles. The van der Waals surface area contributed by atoms with Gasteiger partial charge in [-0.05, 0) is 18.2 Å². The summed E-state index contributed by atoms with van der Waals surface area (Å²) in [7, 11) is 0. The first-order chi connectivity index (χ1) is 10.0. The molecule has 2 aromatic rings. The summed E-state index contributed by atoms with van der Waals surface area (Å²) in [5.74, 6) is 4.73. The van der Waals surface area contributed by atoms with Crippen molar-refractivity contribution in [1.29, 1.82) is 0 Å². The van der Waals surface area contributed by atoms with Gasteiger partial charge in [0.1, 0.15) is 0 Å². The highest BCUT2D eigenvalue weighted by atomic mass is 35.5. The average molecular weight is 303 g/mol. The first-order valence-corrected chi connectivity index (χ1v) is 6.28. The molecule has 2 rings (SSSR count). The predicted molar refractivity (Wildman–Crippen MR) is 82.8 cm³/mol. The van der Waals surface area contributed by atoms with E-state index in [1.54, 1.807) is 12.3 Å². The number of hydrogen-bond acceptors (Lipinski definition) is 3. The first kappa shape index (κ1) is 14.7. The van der Waals surface area contributed by atoms with Crippen LogP contribution in [-0.4, -0.2) is 10.2 Å². The van der Waals surface area contributed by atoms with Gasteiger partial charge < -0.3 is 11.5 Å². The van der Waals surface area contributed by atoms with Crippen LogP contribution >= 0.6 is 11.6 Å². The number of H-pyrrole nitrogens is 1. The Labute approximate surface area is 125 Å². The molecule has 1 aromatic carbocycles. The Morgan fingerprint density at radius 2 is 2.24 bits per heavy atom. The number of nitrogen functional groups attached to an aromatic ring is 1. The fraction of sp³-hybridized carbons (Fsp3) is 0. The van der Waals surface area contributed by atoms with E-state index >= 15 is 0 Å². The molecule has 0 aliphatic rings. The van der Waals surface area contributed by atoms with Gasteiger partial charge in [-0.1, -0.05) is 30.0 Å². The SMILES string of the molecule is C=c1[nH]nc/c1=C/C(C#Cc1c(Cl)ccc(N)c1F)=C\N. The number of aromatic amines is 1. The number of rotatable bonds is 1. The Morgan fingerprint density at radius 1 is 1.48 bits per heavy atom. The van der Waals surface area contributed by atoms with E-state index in [0.29, 0.717) is 10.9 Å². The fourth-order valence-electron chi connectivity index (χ4n) is 1.56. The molecule has 0 radical (unpaired) electrons. The van der Waals surface area contributed by atoms with Gasteiger partial charge in [0.25, 0.3) is 0 Å². The van der Waals surface area contributed by atoms with E-state index in [1.165, 1.54) is 18.3 Å². The van der Waals surface area contributed by atoms with Crippen LogP contribution in [0.4, 0.5) is 10.1 Å². The van der Waals surface area contributed by atoms with E-state index in [9.17, 15) is 4.39 Å². The highest BCUT2D eigenvalue weighted by Crippen LogP contribution is 2.22. The summed E-state index contributed by atoms with van der Waals surface area (Å²) < 4.78 is 13.9. The van der Waals surface area contributed by atoms with Crippen LogP contribution in [0.15, 0.2) is 30.1 Å². The second kappa shape index (κ2) is 6.16. The highest BCUT2D eigenvalue weighted by Gasteiger charge is 2.07. The van der Waals surface area contributed by atoms with Crippen LogP contribution in [0.5, 0.6) is 0 Å². The Morgan fingerprint density at radius 3 is 2.86 bits per heavy atom. The van der Waals surface area contributed by atoms with Crippen molar-refractivity contribution in [2.75, 3.05) is 5.73 Å². The van der Waals surface area contributed by atoms with Crippen LogP contribution in [0.2, 0.25) is 5.02 Å². The maximum atomic E-state index is 13.9.